The van der Waals surface area contributed by atoms with Crippen LogP contribution in [0.3, 0.4) is 0 Å². The molecule has 0 bridgehead atoms. The lowest BCUT2D eigenvalue weighted by Gasteiger charge is -2.37. The van der Waals surface area contributed by atoms with Crippen LogP contribution in [0.1, 0.15) is 62.8 Å². The maximum absolute atomic E-state index is 5.53. The standard InChI is InChI=1S/C18H25N/c1-5-7-10-19-17-13-18(3,4)12-15-9-8-14(6-2)11-16(15)17/h2,8-9,11,17,19H,5,7,10,12-13H2,1,3-4H3. The fraction of sp³-hybridized carbons (Fsp3) is 0.556. The summed E-state index contributed by atoms with van der Waals surface area (Å²) in [6.45, 7) is 8.05. The first-order chi connectivity index (χ1) is 9.05. The predicted molar refractivity (Wildman–Crippen MR) is 82.1 cm³/mol. The third kappa shape index (κ3) is 3.39. The van der Waals surface area contributed by atoms with Crippen molar-refractivity contribution >= 4 is 0 Å². The molecular weight excluding hydrogens is 230 g/mol. The highest BCUT2D eigenvalue weighted by Crippen LogP contribution is 2.40. The minimum Gasteiger partial charge on any atom is -0.310 e. The van der Waals surface area contributed by atoms with E-state index in [-0.39, 0.29) is 0 Å². The van der Waals surface area contributed by atoms with Crippen molar-refractivity contribution in [1.82, 2.24) is 5.32 Å². The zero-order valence-corrected chi connectivity index (χ0v) is 12.4. The maximum atomic E-state index is 5.53. The molecule has 2 rings (SSSR count). The third-order valence-corrected chi connectivity index (χ3v) is 4.03. The summed E-state index contributed by atoms with van der Waals surface area (Å²) in [5, 5.41) is 3.72. The summed E-state index contributed by atoms with van der Waals surface area (Å²) in [6.07, 6.45) is 10.4. The van der Waals surface area contributed by atoms with Gasteiger partial charge in [0.15, 0.2) is 0 Å². The van der Waals surface area contributed by atoms with Crippen LogP contribution in [0.4, 0.5) is 0 Å². The Kier molecular flexibility index (Phi) is 4.32. The smallest absolute Gasteiger partial charge is 0.0328 e. The lowest BCUT2D eigenvalue weighted by molar-refractivity contribution is 0.257. The van der Waals surface area contributed by atoms with Gasteiger partial charge in [-0.3, -0.25) is 0 Å². The van der Waals surface area contributed by atoms with Crippen molar-refractivity contribution in [2.24, 2.45) is 5.41 Å². The van der Waals surface area contributed by atoms with E-state index in [1.165, 1.54) is 30.4 Å². The summed E-state index contributed by atoms with van der Waals surface area (Å²) >= 11 is 0. The second kappa shape index (κ2) is 5.80. The highest BCUT2D eigenvalue weighted by molar-refractivity contribution is 5.43. The Bertz CT molecular complexity index is 479. The first-order valence-corrected chi connectivity index (χ1v) is 7.38. The summed E-state index contributed by atoms with van der Waals surface area (Å²) in [7, 11) is 0. The van der Waals surface area contributed by atoms with Crippen LogP contribution in [0.2, 0.25) is 0 Å². The Labute approximate surface area is 117 Å². The van der Waals surface area contributed by atoms with Crippen LogP contribution in [-0.2, 0) is 6.42 Å². The first-order valence-electron chi connectivity index (χ1n) is 7.38. The molecule has 0 aliphatic heterocycles. The van der Waals surface area contributed by atoms with Crippen LogP contribution in [0, 0.1) is 17.8 Å². The van der Waals surface area contributed by atoms with E-state index in [1.807, 2.05) is 0 Å². The van der Waals surface area contributed by atoms with Gasteiger partial charge in [0, 0.05) is 11.6 Å². The van der Waals surface area contributed by atoms with Gasteiger partial charge in [0.25, 0.3) is 0 Å². The molecule has 1 heteroatoms. The number of nitrogens with one attached hydrogen (secondary N) is 1. The largest absolute Gasteiger partial charge is 0.310 e. The van der Waals surface area contributed by atoms with Gasteiger partial charge in [0.2, 0.25) is 0 Å². The summed E-state index contributed by atoms with van der Waals surface area (Å²) in [6, 6.07) is 6.95. The second-order valence-electron chi connectivity index (χ2n) is 6.46. The van der Waals surface area contributed by atoms with Gasteiger partial charge in [-0.2, -0.15) is 0 Å². The van der Waals surface area contributed by atoms with Gasteiger partial charge < -0.3 is 5.32 Å². The van der Waals surface area contributed by atoms with Crippen LogP contribution < -0.4 is 5.32 Å². The Morgan fingerprint density at radius 1 is 1.42 bits per heavy atom. The van der Waals surface area contributed by atoms with E-state index in [1.54, 1.807) is 0 Å². The van der Waals surface area contributed by atoms with E-state index in [4.69, 9.17) is 6.42 Å². The molecule has 0 aromatic heterocycles. The van der Waals surface area contributed by atoms with Crippen LogP contribution in [0.15, 0.2) is 18.2 Å². The summed E-state index contributed by atoms with van der Waals surface area (Å²) < 4.78 is 0. The molecule has 1 N–H and O–H groups in total. The van der Waals surface area contributed by atoms with Crippen molar-refractivity contribution in [3.63, 3.8) is 0 Å². The molecule has 1 nitrogen and oxygen atoms in total. The monoisotopic (exact) mass is 255 g/mol. The van der Waals surface area contributed by atoms with Gasteiger partial charge in [-0.05, 0) is 54.5 Å². The van der Waals surface area contributed by atoms with Crippen molar-refractivity contribution in [1.29, 1.82) is 0 Å². The Hall–Kier alpha value is -1.26. The molecule has 1 unspecified atom stereocenters. The normalized spacial score (nSPS) is 20.6. The van der Waals surface area contributed by atoms with E-state index < -0.39 is 0 Å². The Balaban J connectivity index is 2.26. The molecule has 0 saturated carbocycles. The number of terminal acetylenes is 1. The van der Waals surface area contributed by atoms with E-state index in [0.29, 0.717) is 11.5 Å². The summed E-state index contributed by atoms with van der Waals surface area (Å²) in [5.74, 6) is 2.76. The second-order valence-corrected chi connectivity index (χ2v) is 6.46. The van der Waals surface area contributed by atoms with Crippen LogP contribution in [-0.4, -0.2) is 6.54 Å². The van der Waals surface area contributed by atoms with Gasteiger partial charge in [-0.15, -0.1) is 6.42 Å². The molecule has 1 aliphatic carbocycles. The summed E-state index contributed by atoms with van der Waals surface area (Å²) in [4.78, 5) is 0. The topological polar surface area (TPSA) is 12.0 Å². The highest BCUT2D eigenvalue weighted by Gasteiger charge is 2.31. The van der Waals surface area contributed by atoms with Gasteiger partial charge in [0.05, 0.1) is 0 Å². The number of unbranched alkanes of at least 4 members (excludes halogenated alkanes) is 1. The van der Waals surface area contributed by atoms with E-state index in [0.717, 1.165) is 18.5 Å². The molecule has 0 amide bonds. The van der Waals surface area contributed by atoms with Crippen molar-refractivity contribution in [3.05, 3.63) is 34.9 Å². The van der Waals surface area contributed by atoms with Gasteiger partial charge >= 0.3 is 0 Å². The molecule has 102 valence electrons. The number of rotatable bonds is 4. The first kappa shape index (κ1) is 14.2. The molecule has 19 heavy (non-hydrogen) atoms. The number of hydrogen-bond acceptors (Lipinski definition) is 1. The fourth-order valence-electron chi connectivity index (χ4n) is 3.06. The minimum absolute atomic E-state index is 0.370. The predicted octanol–water partition coefficient (Wildman–Crippen LogP) is 4.07. The van der Waals surface area contributed by atoms with Gasteiger partial charge in [0.1, 0.15) is 0 Å². The fourth-order valence-corrected chi connectivity index (χ4v) is 3.06. The molecule has 0 fully saturated rings. The van der Waals surface area contributed by atoms with Crippen molar-refractivity contribution in [3.8, 4) is 12.3 Å². The van der Waals surface area contributed by atoms with Crippen molar-refractivity contribution in [2.45, 2.75) is 52.5 Å². The molecular formula is C18H25N. The average Bonchev–Trinajstić information content (AvgIpc) is 2.37. The van der Waals surface area contributed by atoms with E-state index in [9.17, 15) is 0 Å². The van der Waals surface area contributed by atoms with Crippen LogP contribution in [0.5, 0.6) is 0 Å². The average molecular weight is 255 g/mol. The van der Waals surface area contributed by atoms with Crippen LogP contribution in [0.25, 0.3) is 0 Å². The van der Waals surface area contributed by atoms with Gasteiger partial charge in [-0.1, -0.05) is 39.2 Å². The maximum Gasteiger partial charge on any atom is 0.0328 e. The van der Waals surface area contributed by atoms with E-state index >= 15 is 0 Å². The molecule has 1 aromatic carbocycles. The Morgan fingerprint density at radius 2 is 2.21 bits per heavy atom. The SMILES string of the molecule is C#Cc1ccc2c(c1)C(NCCCC)CC(C)(C)C2. The molecule has 0 heterocycles. The third-order valence-electron chi connectivity index (χ3n) is 4.03. The Morgan fingerprint density at radius 3 is 2.89 bits per heavy atom. The molecule has 0 spiro atoms. The van der Waals surface area contributed by atoms with Gasteiger partial charge in [-0.25, -0.2) is 0 Å². The van der Waals surface area contributed by atoms with Crippen molar-refractivity contribution < 1.29 is 0 Å². The number of benzene rings is 1. The number of fused-ring (bicyclic) bond motifs is 1. The molecule has 1 atom stereocenters. The molecule has 0 radical (unpaired) electrons. The quantitative estimate of drug-likeness (QED) is 0.631. The lowest BCUT2D eigenvalue weighted by Crippen LogP contribution is -2.33. The van der Waals surface area contributed by atoms with Crippen molar-refractivity contribution in [2.75, 3.05) is 6.54 Å². The molecule has 0 saturated heterocycles. The minimum atomic E-state index is 0.370. The summed E-state index contributed by atoms with van der Waals surface area (Å²) in [5.41, 5.74) is 4.25. The van der Waals surface area contributed by atoms with E-state index in [2.05, 4.69) is 50.2 Å². The number of hydrogen-bond donors (Lipinski definition) is 1. The van der Waals surface area contributed by atoms with Crippen LogP contribution >= 0.6 is 0 Å². The molecule has 1 aliphatic rings. The lowest BCUT2D eigenvalue weighted by atomic mass is 9.71. The zero-order chi connectivity index (χ0) is 13.9. The zero-order valence-electron chi connectivity index (χ0n) is 12.4. The molecule has 1 aromatic rings. The highest BCUT2D eigenvalue weighted by atomic mass is 14.9.